The summed E-state index contributed by atoms with van der Waals surface area (Å²) >= 11 is 0. The number of fused-ring (bicyclic) bond motifs is 1. The molecule has 1 aromatic heterocycles. The molecule has 0 spiro atoms. The largest absolute Gasteiger partial charge is 0.340 e. The lowest BCUT2D eigenvalue weighted by molar-refractivity contribution is 0.0782. The van der Waals surface area contributed by atoms with Crippen molar-refractivity contribution >= 4 is 18.3 Å². The fraction of sp³-hybridized carbons (Fsp3) is 0.545. The van der Waals surface area contributed by atoms with Crippen molar-refractivity contribution in [3.8, 4) is 5.69 Å². The number of carbonyl (C=O) groups is 1. The number of amides is 1. The molecule has 5 nitrogen and oxygen atoms in total. The van der Waals surface area contributed by atoms with Crippen LogP contribution in [0.5, 0.6) is 0 Å². The van der Waals surface area contributed by atoms with Crippen LogP contribution >= 0.6 is 12.4 Å². The zero-order valence-corrected chi connectivity index (χ0v) is 18.3. The zero-order valence-electron chi connectivity index (χ0n) is 17.4. The van der Waals surface area contributed by atoms with Gasteiger partial charge in [0.15, 0.2) is 5.69 Å². The molecule has 2 aromatic rings. The van der Waals surface area contributed by atoms with Crippen LogP contribution in [0.15, 0.2) is 24.3 Å². The third-order valence-electron chi connectivity index (χ3n) is 5.72. The summed E-state index contributed by atoms with van der Waals surface area (Å²) in [6, 6.07) is 8.59. The molecule has 1 atom stereocenters. The van der Waals surface area contributed by atoms with Crippen molar-refractivity contribution in [3.63, 3.8) is 0 Å². The summed E-state index contributed by atoms with van der Waals surface area (Å²) in [5.74, 6) is 0.427. The van der Waals surface area contributed by atoms with E-state index in [0.29, 0.717) is 18.2 Å². The molecule has 1 aliphatic carbocycles. The molecule has 28 heavy (non-hydrogen) atoms. The Balaban J connectivity index is 0.00000280. The van der Waals surface area contributed by atoms with Crippen LogP contribution in [-0.2, 0) is 19.3 Å². The Hall–Kier alpha value is -1.85. The second-order valence-corrected chi connectivity index (χ2v) is 7.98. The van der Waals surface area contributed by atoms with Crippen molar-refractivity contribution in [2.75, 3.05) is 13.6 Å². The number of rotatable bonds is 7. The molecule has 6 heteroatoms. The number of hydrogen-bond acceptors (Lipinski definition) is 3. The number of halogens is 1. The minimum Gasteiger partial charge on any atom is -0.340 e. The van der Waals surface area contributed by atoms with E-state index < -0.39 is 0 Å². The second-order valence-electron chi connectivity index (χ2n) is 7.98. The van der Waals surface area contributed by atoms with Crippen molar-refractivity contribution in [2.24, 2.45) is 11.7 Å². The van der Waals surface area contributed by atoms with E-state index in [1.165, 1.54) is 11.3 Å². The lowest BCUT2D eigenvalue weighted by Gasteiger charge is -2.21. The van der Waals surface area contributed by atoms with Gasteiger partial charge in [0.25, 0.3) is 5.91 Å². The van der Waals surface area contributed by atoms with Gasteiger partial charge in [-0.1, -0.05) is 32.9 Å². The highest BCUT2D eigenvalue weighted by Crippen LogP contribution is 2.28. The van der Waals surface area contributed by atoms with Gasteiger partial charge in [0.2, 0.25) is 0 Å². The summed E-state index contributed by atoms with van der Waals surface area (Å²) in [5, 5.41) is 4.73. The molecule has 1 amide bonds. The van der Waals surface area contributed by atoms with Crippen molar-refractivity contribution in [1.82, 2.24) is 14.7 Å². The molecule has 0 saturated carbocycles. The molecule has 0 fully saturated rings. The van der Waals surface area contributed by atoms with Crippen molar-refractivity contribution < 1.29 is 4.79 Å². The highest BCUT2D eigenvalue weighted by molar-refractivity contribution is 5.94. The predicted octanol–water partition coefficient (Wildman–Crippen LogP) is 3.79. The summed E-state index contributed by atoms with van der Waals surface area (Å²) < 4.78 is 1.97. The lowest BCUT2D eigenvalue weighted by atomic mass is 10.0. The maximum atomic E-state index is 13.0. The number of aromatic nitrogens is 2. The Morgan fingerprint density at radius 2 is 1.93 bits per heavy atom. The van der Waals surface area contributed by atoms with E-state index >= 15 is 0 Å². The molecule has 154 valence electrons. The molecular formula is C22H33ClN4O. The number of nitrogens with two attached hydrogens (primary N) is 1. The number of aryl methyl sites for hydroxylation is 1. The molecule has 0 saturated heterocycles. The van der Waals surface area contributed by atoms with Gasteiger partial charge >= 0.3 is 0 Å². The van der Waals surface area contributed by atoms with Gasteiger partial charge in [0.1, 0.15) is 0 Å². The van der Waals surface area contributed by atoms with Gasteiger partial charge in [-0.25, -0.2) is 4.68 Å². The van der Waals surface area contributed by atoms with Crippen LogP contribution in [-0.4, -0.2) is 40.2 Å². The van der Waals surface area contributed by atoms with E-state index in [1.54, 1.807) is 4.90 Å². The van der Waals surface area contributed by atoms with Crippen LogP contribution in [0.4, 0.5) is 0 Å². The Bertz CT molecular complexity index is 798. The minimum absolute atomic E-state index is 0. The van der Waals surface area contributed by atoms with Gasteiger partial charge in [-0.2, -0.15) is 5.10 Å². The van der Waals surface area contributed by atoms with Crippen molar-refractivity contribution in [3.05, 3.63) is 46.8 Å². The van der Waals surface area contributed by atoms with Crippen LogP contribution in [0.2, 0.25) is 0 Å². The first-order valence-corrected chi connectivity index (χ1v) is 10.1. The van der Waals surface area contributed by atoms with Crippen molar-refractivity contribution in [1.29, 1.82) is 0 Å². The molecule has 0 radical (unpaired) electrons. The fourth-order valence-corrected chi connectivity index (χ4v) is 3.65. The van der Waals surface area contributed by atoms with Crippen LogP contribution in [0.3, 0.4) is 0 Å². The molecule has 1 aromatic carbocycles. The van der Waals surface area contributed by atoms with Crippen LogP contribution < -0.4 is 5.73 Å². The third kappa shape index (κ3) is 4.58. The standard InChI is InChI=1S/C22H32N4O.ClH/c1-5-16-9-11-17(12-10-16)26-20-8-6-7-18(20)21(24-26)22(27)25(4)14-13-19(23)15(2)3;/h9-12,15,19H,5-8,13-14,23H2,1-4H3;1H. The summed E-state index contributed by atoms with van der Waals surface area (Å²) in [4.78, 5) is 14.8. The van der Waals surface area contributed by atoms with Crippen LogP contribution in [0.1, 0.15) is 60.9 Å². The van der Waals surface area contributed by atoms with Gasteiger partial charge in [-0.15, -0.1) is 12.4 Å². The van der Waals surface area contributed by atoms with Gasteiger partial charge in [0, 0.05) is 30.9 Å². The smallest absolute Gasteiger partial charge is 0.274 e. The average Bonchev–Trinajstić information content (AvgIpc) is 3.27. The Labute approximate surface area is 174 Å². The molecule has 0 bridgehead atoms. The van der Waals surface area contributed by atoms with Crippen LogP contribution in [0, 0.1) is 5.92 Å². The number of nitrogens with zero attached hydrogens (tertiary/aromatic N) is 3. The second kappa shape index (κ2) is 9.57. The number of carbonyl (C=O) groups excluding carboxylic acids is 1. The Morgan fingerprint density at radius 1 is 1.25 bits per heavy atom. The van der Waals surface area contributed by atoms with Gasteiger partial charge in [-0.05, 0) is 55.7 Å². The number of benzene rings is 1. The molecule has 0 aliphatic heterocycles. The van der Waals surface area contributed by atoms with Gasteiger partial charge in [0.05, 0.1) is 5.69 Å². The zero-order chi connectivity index (χ0) is 19.6. The van der Waals surface area contributed by atoms with Gasteiger partial charge in [-0.3, -0.25) is 4.79 Å². The maximum absolute atomic E-state index is 13.0. The van der Waals surface area contributed by atoms with E-state index in [1.807, 2.05) is 11.7 Å². The summed E-state index contributed by atoms with van der Waals surface area (Å²) in [6.45, 7) is 7.04. The summed E-state index contributed by atoms with van der Waals surface area (Å²) in [7, 11) is 1.85. The quantitative estimate of drug-likeness (QED) is 0.763. The molecule has 2 N–H and O–H groups in total. The summed E-state index contributed by atoms with van der Waals surface area (Å²) in [6.07, 6.45) is 4.82. The molecular weight excluding hydrogens is 372 g/mol. The highest BCUT2D eigenvalue weighted by atomic mass is 35.5. The maximum Gasteiger partial charge on any atom is 0.274 e. The first kappa shape index (κ1) is 22.4. The summed E-state index contributed by atoms with van der Waals surface area (Å²) in [5.41, 5.74) is 11.4. The first-order valence-electron chi connectivity index (χ1n) is 10.1. The van der Waals surface area contributed by atoms with E-state index in [2.05, 4.69) is 45.0 Å². The molecule has 1 heterocycles. The van der Waals surface area contributed by atoms with Crippen molar-refractivity contribution in [2.45, 2.75) is 58.9 Å². The van der Waals surface area contributed by atoms with E-state index in [-0.39, 0.29) is 24.4 Å². The lowest BCUT2D eigenvalue weighted by Crippen LogP contribution is -2.35. The monoisotopic (exact) mass is 404 g/mol. The SMILES string of the molecule is CCc1ccc(-n2nc(C(=O)N(C)CCC(N)C(C)C)c3c2CCC3)cc1.Cl. The van der Waals surface area contributed by atoms with Gasteiger partial charge < -0.3 is 10.6 Å². The third-order valence-corrected chi connectivity index (χ3v) is 5.72. The molecule has 3 rings (SSSR count). The average molecular weight is 405 g/mol. The predicted molar refractivity (Wildman–Crippen MR) is 117 cm³/mol. The van der Waals surface area contributed by atoms with E-state index in [4.69, 9.17) is 10.8 Å². The molecule has 1 unspecified atom stereocenters. The minimum atomic E-state index is 0. The Kier molecular flexibility index (Phi) is 7.67. The van der Waals surface area contributed by atoms with E-state index in [9.17, 15) is 4.79 Å². The normalized spacial score (nSPS) is 13.9. The molecule has 1 aliphatic rings. The highest BCUT2D eigenvalue weighted by Gasteiger charge is 2.28. The Morgan fingerprint density at radius 3 is 2.54 bits per heavy atom. The van der Waals surface area contributed by atoms with Crippen LogP contribution in [0.25, 0.3) is 5.69 Å². The topological polar surface area (TPSA) is 64.2 Å². The number of hydrogen-bond donors (Lipinski definition) is 1. The van der Waals surface area contributed by atoms with E-state index in [0.717, 1.165) is 43.4 Å². The first-order chi connectivity index (χ1) is 12.9. The fourth-order valence-electron chi connectivity index (χ4n) is 3.65.